The highest BCUT2D eigenvalue weighted by molar-refractivity contribution is 5.83. The van der Waals surface area contributed by atoms with Gasteiger partial charge < -0.3 is 20.0 Å². The van der Waals surface area contributed by atoms with E-state index < -0.39 is 36.9 Å². The molecule has 1 rings (SSSR count). The molecule has 0 saturated carbocycles. The van der Waals surface area contributed by atoms with Gasteiger partial charge in [-0.3, -0.25) is 0 Å². The number of amides is 2. The number of alkyl halides is 3. The third-order valence-electron chi connectivity index (χ3n) is 2.83. The summed E-state index contributed by atoms with van der Waals surface area (Å²) in [5.74, 6) is -1.34. The second-order valence-corrected chi connectivity index (χ2v) is 4.31. The van der Waals surface area contributed by atoms with Crippen LogP contribution in [-0.2, 0) is 4.79 Å². The molecule has 0 aliphatic carbocycles. The number of urea groups is 1. The zero-order chi connectivity index (χ0) is 14.8. The van der Waals surface area contributed by atoms with E-state index in [0.29, 0.717) is 4.90 Å². The van der Waals surface area contributed by atoms with Crippen molar-refractivity contribution in [3.63, 3.8) is 0 Å². The van der Waals surface area contributed by atoms with Gasteiger partial charge in [-0.05, 0) is 6.92 Å². The molecule has 0 radical (unpaired) electrons. The van der Waals surface area contributed by atoms with Crippen LogP contribution in [0.2, 0.25) is 0 Å². The molecule has 0 bridgehead atoms. The molecule has 0 unspecified atom stereocenters. The fourth-order valence-corrected chi connectivity index (χ4v) is 1.97. The molecule has 1 fully saturated rings. The molecule has 1 saturated heterocycles. The Morgan fingerprint density at radius 2 is 2.00 bits per heavy atom. The summed E-state index contributed by atoms with van der Waals surface area (Å²) >= 11 is 0. The Morgan fingerprint density at radius 1 is 1.42 bits per heavy atom. The standard InChI is InChI=1S/C10H15F3N2O4/c1-2-14(5-10(11,12)13)9(19)15-4-6(16)3-7(15)8(17)18/h6-7,16H,2-5H2,1H3,(H,17,18)/t6-,7-/m1/s1. The number of aliphatic hydroxyl groups is 1. The number of likely N-dealkylation sites (tertiary alicyclic amines) is 1. The van der Waals surface area contributed by atoms with E-state index in [1.165, 1.54) is 6.92 Å². The molecule has 9 heteroatoms. The highest BCUT2D eigenvalue weighted by Gasteiger charge is 2.42. The Labute approximate surface area is 107 Å². The van der Waals surface area contributed by atoms with Crippen LogP contribution >= 0.6 is 0 Å². The first-order valence-electron chi connectivity index (χ1n) is 5.69. The third-order valence-corrected chi connectivity index (χ3v) is 2.83. The largest absolute Gasteiger partial charge is 0.480 e. The molecule has 0 aromatic rings. The van der Waals surface area contributed by atoms with Gasteiger partial charge in [0, 0.05) is 19.5 Å². The van der Waals surface area contributed by atoms with E-state index in [2.05, 4.69) is 0 Å². The SMILES string of the molecule is CCN(CC(F)(F)F)C(=O)N1C[C@H](O)C[C@@H]1C(=O)O. The summed E-state index contributed by atoms with van der Waals surface area (Å²) in [6.07, 6.45) is -5.76. The number of halogens is 3. The van der Waals surface area contributed by atoms with E-state index in [1.807, 2.05) is 0 Å². The summed E-state index contributed by atoms with van der Waals surface area (Å²) in [5, 5.41) is 18.2. The summed E-state index contributed by atoms with van der Waals surface area (Å²) in [5.41, 5.74) is 0. The lowest BCUT2D eigenvalue weighted by Gasteiger charge is -2.29. The average Bonchev–Trinajstić information content (AvgIpc) is 2.66. The summed E-state index contributed by atoms with van der Waals surface area (Å²) < 4.78 is 36.9. The predicted octanol–water partition coefficient (Wildman–Crippen LogP) is 0.510. The van der Waals surface area contributed by atoms with Gasteiger partial charge in [-0.1, -0.05) is 0 Å². The number of β-amino-alcohol motifs (C(OH)–C–C–N with tert-alkyl or cyclic N) is 1. The van der Waals surface area contributed by atoms with Crippen LogP contribution in [0, 0.1) is 0 Å². The van der Waals surface area contributed by atoms with E-state index in [9.17, 15) is 27.9 Å². The topological polar surface area (TPSA) is 81.1 Å². The normalized spacial score (nSPS) is 23.5. The Morgan fingerprint density at radius 3 is 2.42 bits per heavy atom. The quantitative estimate of drug-likeness (QED) is 0.791. The van der Waals surface area contributed by atoms with Gasteiger partial charge in [0.05, 0.1) is 6.10 Å². The summed E-state index contributed by atoms with van der Waals surface area (Å²) in [6.45, 7) is -0.547. The monoisotopic (exact) mass is 284 g/mol. The first-order chi connectivity index (χ1) is 8.65. The van der Waals surface area contributed by atoms with Gasteiger partial charge in [0.1, 0.15) is 12.6 Å². The fraction of sp³-hybridized carbons (Fsp3) is 0.800. The van der Waals surface area contributed by atoms with Crippen molar-refractivity contribution in [1.82, 2.24) is 9.80 Å². The summed E-state index contributed by atoms with van der Waals surface area (Å²) in [6, 6.07) is -2.31. The van der Waals surface area contributed by atoms with Gasteiger partial charge in [-0.25, -0.2) is 9.59 Å². The molecule has 6 nitrogen and oxygen atoms in total. The maximum atomic E-state index is 12.3. The molecule has 1 heterocycles. The van der Waals surface area contributed by atoms with Crippen molar-refractivity contribution in [3.8, 4) is 0 Å². The minimum atomic E-state index is -4.55. The highest BCUT2D eigenvalue weighted by Crippen LogP contribution is 2.22. The molecule has 0 aromatic heterocycles. The molecule has 2 amide bonds. The Balaban J connectivity index is 2.81. The molecule has 110 valence electrons. The Hall–Kier alpha value is -1.51. The van der Waals surface area contributed by atoms with Crippen LogP contribution in [0.3, 0.4) is 0 Å². The zero-order valence-corrected chi connectivity index (χ0v) is 10.2. The van der Waals surface area contributed by atoms with Gasteiger partial charge in [-0.2, -0.15) is 13.2 Å². The lowest BCUT2D eigenvalue weighted by Crippen LogP contribution is -2.50. The number of carbonyl (C=O) groups is 2. The molecular weight excluding hydrogens is 269 g/mol. The first kappa shape index (κ1) is 15.5. The van der Waals surface area contributed by atoms with Crippen LogP contribution < -0.4 is 0 Å². The zero-order valence-electron chi connectivity index (χ0n) is 10.2. The number of hydrogen-bond donors (Lipinski definition) is 2. The van der Waals surface area contributed by atoms with E-state index >= 15 is 0 Å². The minimum absolute atomic E-state index is 0.176. The second kappa shape index (κ2) is 5.64. The summed E-state index contributed by atoms with van der Waals surface area (Å²) in [4.78, 5) is 24.1. The average molecular weight is 284 g/mol. The van der Waals surface area contributed by atoms with Crippen molar-refractivity contribution in [2.24, 2.45) is 0 Å². The molecule has 2 atom stereocenters. The van der Waals surface area contributed by atoms with Crippen molar-refractivity contribution in [2.45, 2.75) is 31.7 Å². The van der Waals surface area contributed by atoms with Gasteiger partial charge in [0.25, 0.3) is 0 Å². The summed E-state index contributed by atoms with van der Waals surface area (Å²) in [7, 11) is 0. The lowest BCUT2D eigenvalue weighted by atomic mass is 10.2. The van der Waals surface area contributed by atoms with Crippen molar-refractivity contribution in [3.05, 3.63) is 0 Å². The minimum Gasteiger partial charge on any atom is -0.480 e. The van der Waals surface area contributed by atoms with Crippen molar-refractivity contribution < 1.29 is 33.0 Å². The van der Waals surface area contributed by atoms with E-state index in [0.717, 1.165) is 4.90 Å². The third kappa shape index (κ3) is 3.98. The number of hydrogen-bond acceptors (Lipinski definition) is 3. The number of aliphatic carboxylic acids is 1. The Bertz CT molecular complexity index is 361. The van der Waals surface area contributed by atoms with Crippen LogP contribution in [-0.4, -0.2) is 70.0 Å². The molecule has 1 aliphatic rings. The fourth-order valence-electron chi connectivity index (χ4n) is 1.97. The number of rotatable bonds is 3. The molecule has 0 spiro atoms. The van der Waals surface area contributed by atoms with Crippen molar-refractivity contribution >= 4 is 12.0 Å². The van der Waals surface area contributed by atoms with E-state index in [1.54, 1.807) is 0 Å². The predicted molar refractivity (Wildman–Crippen MR) is 57.5 cm³/mol. The van der Waals surface area contributed by atoms with Crippen LogP contribution in [0.25, 0.3) is 0 Å². The number of carbonyl (C=O) groups excluding carboxylic acids is 1. The van der Waals surface area contributed by atoms with Gasteiger partial charge >= 0.3 is 18.2 Å². The van der Waals surface area contributed by atoms with Crippen LogP contribution in [0.15, 0.2) is 0 Å². The number of aliphatic hydroxyl groups excluding tert-OH is 1. The van der Waals surface area contributed by atoms with Crippen molar-refractivity contribution in [2.75, 3.05) is 19.6 Å². The highest BCUT2D eigenvalue weighted by atomic mass is 19.4. The number of carboxylic acid groups (broad SMARTS) is 1. The van der Waals surface area contributed by atoms with Gasteiger partial charge in [-0.15, -0.1) is 0 Å². The van der Waals surface area contributed by atoms with Gasteiger partial charge in [0.15, 0.2) is 0 Å². The van der Waals surface area contributed by atoms with Crippen LogP contribution in [0.4, 0.5) is 18.0 Å². The number of carboxylic acids is 1. The van der Waals surface area contributed by atoms with Crippen molar-refractivity contribution in [1.29, 1.82) is 0 Å². The van der Waals surface area contributed by atoms with Gasteiger partial charge in [0.2, 0.25) is 0 Å². The maximum Gasteiger partial charge on any atom is 0.406 e. The maximum absolute atomic E-state index is 12.3. The molecule has 0 aromatic carbocycles. The molecule has 19 heavy (non-hydrogen) atoms. The molecule has 2 N–H and O–H groups in total. The molecule has 1 aliphatic heterocycles. The first-order valence-corrected chi connectivity index (χ1v) is 5.69. The van der Waals surface area contributed by atoms with E-state index in [4.69, 9.17) is 5.11 Å². The smallest absolute Gasteiger partial charge is 0.406 e. The number of nitrogens with zero attached hydrogens (tertiary/aromatic N) is 2. The molecular formula is C10H15F3N2O4. The van der Waals surface area contributed by atoms with Crippen LogP contribution in [0.5, 0.6) is 0 Å². The second-order valence-electron chi connectivity index (χ2n) is 4.31. The lowest BCUT2D eigenvalue weighted by molar-refractivity contribution is -0.143. The van der Waals surface area contributed by atoms with E-state index in [-0.39, 0.29) is 19.5 Å². The Kier molecular flexibility index (Phi) is 4.61. The van der Waals surface area contributed by atoms with Crippen LogP contribution in [0.1, 0.15) is 13.3 Å².